The molecule has 0 saturated heterocycles. The largest absolute Gasteiger partial charge is 0.388 e. The van der Waals surface area contributed by atoms with Gasteiger partial charge >= 0.3 is 0 Å². The molecule has 1 atom stereocenters. The van der Waals surface area contributed by atoms with E-state index in [1.165, 1.54) is 27.8 Å². The minimum Gasteiger partial charge on any atom is -0.388 e. The van der Waals surface area contributed by atoms with Crippen LogP contribution in [0.5, 0.6) is 0 Å². The Hall–Kier alpha value is -1.71. The molecule has 1 unspecified atom stereocenters. The summed E-state index contributed by atoms with van der Waals surface area (Å²) in [6.07, 6.45) is 5.05. The number of aryl methyl sites for hydroxylation is 2. The van der Waals surface area contributed by atoms with Gasteiger partial charge in [0.1, 0.15) is 0 Å². The van der Waals surface area contributed by atoms with Crippen molar-refractivity contribution in [3.63, 3.8) is 0 Å². The molecule has 0 fully saturated rings. The Kier molecular flexibility index (Phi) is 6.52. The Labute approximate surface area is 146 Å². The highest BCUT2D eigenvalue weighted by Crippen LogP contribution is 2.29. The minimum atomic E-state index is -0.396. The van der Waals surface area contributed by atoms with Gasteiger partial charge in [-0.15, -0.1) is 0 Å². The normalized spacial score (nSPS) is 12.6. The first-order chi connectivity index (χ1) is 11.4. The van der Waals surface area contributed by atoms with Gasteiger partial charge in [0.2, 0.25) is 0 Å². The standard InChI is InChI=1S/C21H30N2O/c1-15-14-16(2)18(4)21(17(15)3)20(24)9-13-23(5)12-8-19-6-10-22-11-7-19/h6-7,10-11,14,20,24H,8-9,12-13H2,1-5H3. The van der Waals surface area contributed by atoms with Crippen LogP contribution < -0.4 is 0 Å². The van der Waals surface area contributed by atoms with Gasteiger partial charge in [-0.2, -0.15) is 0 Å². The quantitative estimate of drug-likeness (QED) is 0.838. The van der Waals surface area contributed by atoms with Crippen LogP contribution in [0.1, 0.15) is 45.9 Å². The van der Waals surface area contributed by atoms with E-state index in [4.69, 9.17) is 0 Å². The molecular weight excluding hydrogens is 296 g/mol. The van der Waals surface area contributed by atoms with Crippen LogP contribution in [0.3, 0.4) is 0 Å². The Morgan fingerprint density at radius 1 is 1.00 bits per heavy atom. The number of aromatic nitrogens is 1. The monoisotopic (exact) mass is 326 g/mol. The van der Waals surface area contributed by atoms with Gasteiger partial charge in [-0.05, 0) is 93.1 Å². The summed E-state index contributed by atoms with van der Waals surface area (Å²) in [6, 6.07) is 6.33. The molecule has 1 aromatic heterocycles. The fourth-order valence-electron chi connectivity index (χ4n) is 3.22. The number of rotatable bonds is 7. The van der Waals surface area contributed by atoms with Crippen molar-refractivity contribution in [3.05, 3.63) is 64.0 Å². The molecule has 1 N–H and O–H groups in total. The lowest BCUT2D eigenvalue weighted by Crippen LogP contribution is -2.24. The topological polar surface area (TPSA) is 36.4 Å². The molecule has 1 heterocycles. The summed E-state index contributed by atoms with van der Waals surface area (Å²) in [5.74, 6) is 0. The van der Waals surface area contributed by atoms with Crippen LogP contribution in [-0.2, 0) is 6.42 Å². The predicted molar refractivity (Wildman–Crippen MR) is 100 cm³/mol. The first-order valence-corrected chi connectivity index (χ1v) is 8.73. The number of pyridine rings is 1. The number of likely N-dealkylation sites (N-methyl/N-ethyl adjacent to an activating group) is 1. The third kappa shape index (κ3) is 4.65. The van der Waals surface area contributed by atoms with Crippen molar-refractivity contribution >= 4 is 0 Å². The average Bonchev–Trinajstić information content (AvgIpc) is 2.57. The van der Waals surface area contributed by atoms with Crippen molar-refractivity contribution in [1.82, 2.24) is 9.88 Å². The molecule has 2 aromatic rings. The molecule has 2 rings (SSSR count). The lowest BCUT2D eigenvalue weighted by Gasteiger charge is -2.23. The maximum Gasteiger partial charge on any atom is 0.0807 e. The van der Waals surface area contributed by atoms with E-state index >= 15 is 0 Å². The summed E-state index contributed by atoms with van der Waals surface area (Å²) in [5.41, 5.74) is 7.40. The second kappa shape index (κ2) is 8.41. The van der Waals surface area contributed by atoms with Crippen LogP contribution >= 0.6 is 0 Å². The first-order valence-electron chi connectivity index (χ1n) is 8.73. The van der Waals surface area contributed by atoms with Crippen LogP contribution in [0.4, 0.5) is 0 Å². The molecule has 0 saturated carbocycles. The van der Waals surface area contributed by atoms with Gasteiger partial charge in [-0.1, -0.05) is 6.07 Å². The summed E-state index contributed by atoms with van der Waals surface area (Å²) in [5, 5.41) is 10.7. The number of nitrogens with zero attached hydrogens (tertiary/aromatic N) is 2. The van der Waals surface area contributed by atoms with Gasteiger partial charge < -0.3 is 10.0 Å². The van der Waals surface area contributed by atoms with Crippen molar-refractivity contribution < 1.29 is 5.11 Å². The molecule has 24 heavy (non-hydrogen) atoms. The lowest BCUT2D eigenvalue weighted by molar-refractivity contribution is 0.148. The number of hydrogen-bond acceptors (Lipinski definition) is 3. The Morgan fingerprint density at radius 2 is 1.58 bits per heavy atom. The highest BCUT2D eigenvalue weighted by Gasteiger charge is 2.17. The van der Waals surface area contributed by atoms with Crippen LogP contribution in [0, 0.1) is 27.7 Å². The summed E-state index contributed by atoms with van der Waals surface area (Å²) in [6.45, 7) is 10.4. The lowest BCUT2D eigenvalue weighted by atomic mass is 9.90. The molecule has 3 heteroatoms. The van der Waals surface area contributed by atoms with Gasteiger partial charge in [0.15, 0.2) is 0 Å². The van der Waals surface area contributed by atoms with Crippen molar-refractivity contribution in [2.24, 2.45) is 0 Å². The van der Waals surface area contributed by atoms with E-state index in [2.05, 4.69) is 62.8 Å². The zero-order valence-electron chi connectivity index (χ0n) is 15.6. The Balaban J connectivity index is 1.92. The van der Waals surface area contributed by atoms with Gasteiger partial charge in [0.05, 0.1) is 6.10 Å². The van der Waals surface area contributed by atoms with Crippen molar-refractivity contribution in [1.29, 1.82) is 0 Å². The van der Waals surface area contributed by atoms with Gasteiger partial charge in [-0.25, -0.2) is 0 Å². The smallest absolute Gasteiger partial charge is 0.0807 e. The molecular formula is C21H30N2O. The van der Waals surface area contributed by atoms with E-state index in [-0.39, 0.29) is 0 Å². The van der Waals surface area contributed by atoms with E-state index in [1.807, 2.05) is 12.4 Å². The first kappa shape index (κ1) is 18.6. The summed E-state index contributed by atoms with van der Waals surface area (Å²) >= 11 is 0. The summed E-state index contributed by atoms with van der Waals surface area (Å²) < 4.78 is 0. The predicted octanol–water partition coefficient (Wildman–Crippen LogP) is 3.91. The van der Waals surface area contributed by atoms with Crippen molar-refractivity contribution in [2.45, 2.75) is 46.6 Å². The van der Waals surface area contributed by atoms with Gasteiger partial charge in [0.25, 0.3) is 0 Å². The molecule has 130 valence electrons. The molecule has 1 aromatic carbocycles. The molecule has 0 radical (unpaired) electrons. The van der Waals surface area contributed by atoms with Crippen LogP contribution in [0.2, 0.25) is 0 Å². The Bertz CT molecular complexity index is 641. The van der Waals surface area contributed by atoms with Gasteiger partial charge in [-0.3, -0.25) is 4.98 Å². The molecule has 0 aliphatic rings. The van der Waals surface area contributed by atoms with Crippen molar-refractivity contribution in [3.8, 4) is 0 Å². The molecule has 0 bridgehead atoms. The second-order valence-electron chi connectivity index (χ2n) is 6.89. The van der Waals surface area contributed by atoms with E-state index < -0.39 is 6.10 Å². The maximum atomic E-state index is 10.7. The third-order valence-electron chi connectivity index (χ3n) is 5.07. The number of aliphatic hydroxyl groups is 1. The van der Waals surface area contributed by atoms with Crippen LogP contribution in [0.25, 0.3) is 0 Å². The zero-order chi connectivity index (χ0) is 17.7. The second-order valence-corrected chi connectivity index (χ2v) is 6.89. The summed E-state index contributed by atoms with van der Waals surface area (Å²) in [4.78, 5) is 6.34. The third-order valence-corrected chi connectivity index (χ3v) is 5.07. The number of hydrogen-bond donors (Lipinski definition) is 1. The fraction of sp³-hybridized carbons (Fsp3) is 0.476. The molecule has 0 amide bonds. The molecule has 0 aliphatic carbocycles. The Morgan fingerprint density at radius 3 is 2.17 bits per heavy atom. The molecule has 0 spiro atoms. The molecule has 3 nitrogen and oxygen atoms in total. The summed E-state index contributed by atoms with van der Waals surface area (Å²) in [7, 11) is 2.12. The van der Waals surface area contributed by atoms with E-state index in [0.29, 0.717) is 0 Å². The van der Waals surface area contributed by atoms with Crippen LogP contribution in [0.15, 0.2) is 30.6 Å². The van der Waals surface area contributed by atoms with Crippen molar-refractivity contribution in [2.75, 3.05) is 20.1 Å². The zero-order valence-corrected chi connectivity index (χ0v) is 15.6. The SMILES string of the molecule is Cc1cc(C)c(C)c(C(O)CCN(C)CCc2ccncc2)c1C. The highest BCUT2D eigenvalue weighted by molar-refractivity contribution is 5.45. The fourth-order valence-corrected chi connectivity index (χ4v) is 3.22. The van der Waals surface area contributed by atoms with E-state index in [9.17, 15) is 5.11 Å². The van der Waals surface area contributed by atoms with Gasteiger partial charge in [0, 0.05) is 25.5 Å². The number of benzene rings is 1. The van der Waals surface area contributed by atoms with E-state index in [0.717, 1.165) is 31.5 Å². The average molecular weight is 326 g/mol. The maximum absolute atomic E-state index is 10.7. The molecule has 0 aliphatic heterocycles. The number of aliphatic hydroxyl groups excluding tert-OH is 1. The van der Waals surface area contributed by atoms with Crippen LogP contribution in [-0.4, -0.2) is 35.1 Å². The van der Waals surface area contributed by atoms with E-state index in [1.54, 1.807) is 0 Å². The highest BCUT2D eigenvalue weighted by atomic mass is 16.3. The minimum absolute atomic E-state index is 0.396.